The van der Waals surface area contributed by atoms with Crippen LogP contribution in [0.25, 0.3) is 0 Å². The van der Waals surface area contributed by atoms with Gasteiger partial charge >= 0.3 is 0 Å². The summed E-state index contributed by atoms with van der Waals surface area (Å²) in [5, 5.41) is 9.32. The van der Waals surface area contributed by atoms with Crippen LogP contribution >= 0.6 is 0 Å². The van der Waals surface area contributed by atoms with Crippen LogP contribution in [0.3, 0.4) is 0 Å². The number of hydrogen-bond donors (Lipinski definition) is 1. The number of allylic oxidation sites excluding steroid dienone is 3. The van der Waals surface area contributed by atoms with E-state index in [1.807, 2.05) is 20.8 Å². The first-order valence-corrected chi connectivity index (χ1v) is 3.70. The van der Waals surface area contributed by atoms with Gasteiger partial charge in [0, 0.05) is 0 Å². The lowest BCUT2D eigenvalue weighted by molar-refractivity contribution is 0.270. The molecule has 0 aromatic heterocycles. The molecule has 0 bridgehead atoms. The van der Waals surface area contributed by atoms with Crippen molar-refractivity contribution in [2.24, 2.45) is 0 Å². The molecule has 0 heterocycles. The van der Waals surface area contributed by atoms with Crippen molar-refractivity contribution >= 4 is 0 Å². The largest absolute Gasteiger partial charge is 0.385 e. The zero-order chi connectivity index (χ0) is 8.85. The van der Waals surface area contributed by atoms with E-state index in [4.69, 9.17) is 0 Å². The van der Waals surface area contributed by atoms with Gasteiger partial charge in [0.25, 0.3) is 0 Å². The third kappa shape index (κ3) is 5.62. The van der Waals surface area contributed by atoms with Gasteiger partial charge in [-0.2, -0.15) is 0 Å². The highest BCUT2D eigenvalue weighted by Crippen LogP contribution is 2.00. The summed E-state index contributed by atoms with van der Waals surface area (Å²) in [6, 6.07) is 0. The van der Waals surface area contributed by atoms with Crippen molar-refractivity contribution in [1.82, 2.24) is 0 Å². The molecule has 0 aliphatic rings. The quantitative estimate of drug-likeness (QED) is 0.486. The molecular weight excluding hydrogens is 136 g/mol. The van der Waals surface area contributed by atoms with E-state index in [1.54, 1.807) is 18.2 Å². The third-order valence-electron chi connectivity index (χ3n) is 1.26. The first-order chi connectivity index (χ1) is 5.06. The second-order valence-electron chi connectivity index (χ2n) is 2.85. The van der Waals surface area contributed by atoms with Crippen LogP contribution in [0, 0.1) is 0 Å². The van der Waals surface area contributed by atoms with Gasteiger partial charge in [-0.25, -0.2) is 0 Å². The molecule has 0 radical (unpaired) electrons. The Hall–Kier alpha value is -0.820. The van der Waals surface area contributed by atoms with E-state index in [2.05, 4.69) is 6.58 Å². The topological polar surface area (TPSA) is 20.2 Å². The van der Waals surface area contributed by atoms with E-state index in [9.17, 15) is 5.11 Å². The Balaban J connectivity index is 4.17. The molecule has 0 saturated heterocycles. The fourth-order valence-electron chi connectivity index (χ4n) is 0.727. The molecule has 1 heteroatoms. The number of aliphatic hydroxyl groups is 1. The standard InChI is InChI=1S/C10H16O/c1-5-9(4)7-10(11)6-8(2)3/h5-7,10-11H,1H2,2-4H3/b9-7+. The first-order valence-electron chi connectivity index (χ1n) is 3.70. The van der Waals surface area contributed by atoms with Crippen LogP contribution in [0.15, 0.2) is 36.0 Å². The molecule has 0 aromatic rings. The van der Waals surface area contributed by atoms with Gasteiger partial charge in [-0.3, -0.25) is 0 Å². The van der Waals surface area contributed by atoms with E-state index < -0.39 is 6.10 Å². The van der Waals surface area contributed by atoms with Gasteiger partial charge in [0.05, 0.1) is 6.10 Å². The molecule has 11 heavy (non-hydrogen) atoms. The number of aliphatic hydroxyl groups excluding tert-OH is 1. The van der Waals surface area contributed by atoms with Gasteiger partial charge in [0.15, 0.2) is 0 Å². The second kappa shape index (κ2) is 4.91. The zero-order valence-electron chi connectivity index (χ0n) is 7.46. The fraction of sp³-hybridized carbons (Fsp3) is 0.400. The molecule has 0 saturated carbocycles. The Bertz CT molecular complexity index is 183. The zero-order valence-corrected chi connectivity index (χ0v) is 7.46. The Morgan fingerprint density at radius 3 is 2.18 bits per heavy atom. The maximum Gasteiger partial charge on any atom is 0.0910 e. The minimum Gasteiger partial charge on any atom is -0.385 e. The van der Waals surface area contributed by atoms with Crippen molar-refractivity contribution in [3.05, 3.63) is 36.0 Å². The molecule has 0 amide bonds. The van der Waals surface area contributed by atoms with Crippen molar-refractivity contribution < 1.29 is 5.11 Å². The molecule has 62 valence electrons. The molecule has 1 N–H and O–H groups in total. The van der Waals surface area contributed by atoms with E-state index in [1.165, 1.54) is 0 Å². The van der Waals surface area contributed by atoms with Gasteiger partial charge < -0.3 is 5.11 Å². The maximum absolute atomic E-state index is 9.32. The van der Waals surface area contributed by atoms with Gasteiger partial charge in [0.2, 0.25) is 0 Å². The minimum absolute atomic E-state index is 0.474. The van der Waals surface area contributed by atoms with Crippen molar-refractivity contribution in [1.29, 1.82) is 0 Å². The molecule has 1 unspecified atom stereocenters. The smallest absolute Gasteiger partial charge is 0.0910 e. The van der Waals surface area contributed by atoms with E-state index >= 15 is 0 Å². The Labute approximate surface area is 68.7 Å². The highest BCUT2D eigenvalue weighted by Gasteiger charge is 1.93. The van der Waals surface area contributed by atoms with E-state index in [0.29, 0.717) is 0 Å². The minimum atomic E-state index is -0.474. The van der Waals surface area contributed by atoms with Crippen LogP contribution in [0.1, 0.15) is 20.8 Å². The summed E-state index contributed by atoms with van der Waals surface area (Å²) in [7, 11) is 0. The predicted octanol–water partition coefficient (Wildman–Crippen LogP) is 2.45. The predicted molar refractivity (Wildman–Crippen MR) is 49.4 cm³/mol. The summed E-state index contributed by atoms with van der Waals surface area (Å²) < 4.78 is 0. The Kier molecular flexibility index (Phi) is 4.55. The molecule has 1 nitrogen and oxygen atoms in total. The van der Waals surface area contributed by atoms with Crippen molar-refractivity contribution in [2.75, 3.05) is 0 Å². The van der Waals surface area contributed by atoms with E-state index in [0.717, 1.165) is 11.1 Å². The first kappa shape index (κ1) is 10.2. The molecule has 0 aliphatic heterocycles. The van der Waals surface area contributed by atoms with Gasteiger partial charge in [-0.05, 0) is 26.8 Å². The summed E-state index contributed by atoms with van der Waals surface area (Å²) in [5.74, 6) is 0. The fourth-order valence-corrected chi connectivity index (χ4v) is 0.727. The summed E-state index contributed by atoms with van der Waals surface area (Å²) in [4.78, 5) is 0. The van der Waals surface area contributed by atoms with Crippen LogP contribution in [-0.4, -0.2) is 11.2 Å². The van der Waals surface area contributed by atoms with Crippen LogP contribution in [0.5, 0.6) is 0 Å². The highest BCUT2D eigenvalue weighted by molar-refractivity contribution is 5.18. The lowest BCUT2D eigenvalue weighted by Gasteiger charge is -1.99. The van der Waals surface area contributed by atoms with E-state index in [-0.39, 0.29) is 0 Å². The molecule has 0 spiro atoms. The van der Waals surface area contributed by atoms with Crippen LogP contribution in [-0.2, 0) is 0 Å². The monoisotopic (exact) mass is 152 g/mol. The third-order valence-corrected chi connectivity index (χ3v) is 1.26. The van der Waals surface area contributed by atoms with Crippen LogP contribution in [0.2, 0.25) is 0 Å². The maximum atomic E-state index is 9.32. The Morgan fingerprint density at radius 1 is 1.27 bits per heavy atom. The average molecular weight is 152 g/mol. The normalized spacial score (nSPS) is 14.0. The summed E-state index contributed by atoms with van der Waals surface area (Å²) in [6.45, 7) is 9.42. The van der Waals surface area contributed by atoms with Gasteiger partial charge in [0.1, 0.15) is 0 Å². The highest BCUT2D eigenvalue weighted by atomic mass is 16.3. The Morgan fingerprint density at radius 2 is 1.82 bits per heavy atom. The van der Waals surface area contributed by atoms with Crippen molar-refractivity contribution in [3.8, 4) is 0 Å². The average Bonchev–Trinajstić information content (AvgIpc) is 1.85. The van der Waals surface area contributed by atoms with Crippen LogP contribution < -0.4 is 0 Å². The number of hydrogen-bond acceptors (Lipinski definition) is 1. The summed E-state index contributed by atoms with van der Waals surface area (Å²) in [6.07, 6.45) is 4.81. The van der Waals surface area contributed by atoms with Crippen LogP contribution in [0.4, 0.5) is 0 Å². The molecule has 0 aromatic carbocycles. The van der Waals surface area contributed by atoms with Gasteiger partial charge in [-0.15, -0.1) is 0 Å². The summed E-state index contributed by atoms with van der Waals surface area (Å²) in [5.41, 5.74) is 2.11. The van der Waals surface area contributed by atoms with Crippen molar-refractivity contribution in [2.45, 2.75) is 26.9 Å². The molecule has 0 rings (SSSR count). The lowest BCUT2D eigenvalue weighted by atomic mass is 10.2. The molecule has 0 fully saturated rings. The van der Waals surface area contributed by atoms with Crippen molar-refractivity contribution in [3.63, 3.8) is 0 Å². The lowest BCUT2D eigenvalue weighted by Crippen LogP contribution is -1.97. The van der Waals surface area contributed by atoms with Gasteiger partial charge in [-0.1, -0.05) is 29.9 Å². The molecule has 0 aliphatic carbocycles. The molecule has 1 atom stereocenters. The molecular formula is C10H16O. The summed E-state index contributed by atoms with van der Waals surface area (Å²) >= 11 is 0. The SMILES string of the molecule is C=C/C(C)=C/C(O)C=C(C)C. The second-order valence-corrected chi connectivity index (χ2v) is 2.85. The number of rotatable bonds is 3.